The maximum atomic E-state index is 13.5. The molecule has 0 amide bonds. The molecule has 114 valence electrons. The monoisotopic (exact) mass is 295 g/mol. The molecule has 0 aliphatic rings. The topological polar surface area (TPSA) is 39.1 Å². The van der Waals surface area contributed by atoms with Gasteiger partial charge in [0.05, 0.1) is 19.3 Å². The summed E-state index contributed by atoms with van der Waals surface area (Å²) in [6.45, 7) is 3.99. The van der Waals surface area contributed by atoms with Gasteiger partial charge in [0.1, 0.15) is 5.69 Å². The number of nitrogens with one attached hydrogen (secondary N) is 1. The van der Waals surface area contributed by atoms with E-state index in [1.54, 1.807) is 31.1 Å². The van der Waals surface area contributed by atoms with E-state index in [0.29, 0.717) is 11.3 Å². The lowest BCUT2D eigenvalue weighted by Crippen LogP contribution is -2.23. The van der Waals surface area contributed by atoms with E-state index in [-0.39, 0.29) is 12.1 Å². The Morgan fingerprint density at radius 3 is 2.48 bits per heavy atom. The Labute approximate surface area is 122 Å². The van der Waals surface area contributed by atoms with E-state index in [4.69, 9.17) is 4.74 Å². The number of nitrogens with zero attached hydrogens (tertiary/aromatic N) is 2. The molecule has 0 radical (unpaired) electrons. The first-order chi connectivity index (χ1) is 9.99. The average Bonchev–Trinajstić information content (AvgIpc) is 2.87. The summed E-state index contributed by atoms with van der Waals surface area (Å²) in [5.74, 6) is -1.13. The van der Waals surface area contributed by atoms with Crippen LogP contribution in [0.25, 0.3) is 0 Å². The van der Waals surface area contributed by atoms with Gasteiger partial charge in [-0.25, -0.2) is 8.78 Å². The maximum absolute atomic E-state index is 13.5. The van der Waals surface area contributed by atoms with Gasteiger partial charge in [0.2, 0.25) is 0 Å². The molecule has 1 aromatic carbocycles. The Morgan fingerprint density at radius 2 is 1.95 bits per heavy atom. The van der Waals surface area contributed by atoms with Crippen molar-refractivity contribution in [2.45, 2.75) is 25.9 Å². The van der Waals surface area contributed by atoms with Crippen LogP contribution in [0.5, 0.6) is 5.75 Å². The molecule has 0 aliphatic heterocycles. The molecule has 1 N–H and O–H groups in total. The number of ether oxygens (including phenoxy) is 1. The van der Waals surface area contributed by atoms with Crippen molar-refractivity contribution in [2.24, 2.45) is 0 Å². The Bertz CT molecular complexity index is 625. The van der Waals surface area contributed by atoms with Crippen LogP contribution in [-0.2, 0) is 0 Å². The van der Waals surface area contributed by atoms with E-state index < -0.39 is 11.6 Å². The number of hydrogen-bond donors (Lipinski definition) is 1. The molecule has 2 rings (SSSR count). The van der Waals surface area contributed by atoms with Crippen LogP contribution < -0.4 is 10.1 Å². The van der Waals surface area contributed by atoms with Crippen LogP contribution in [0, 0.1) is 11.6 Å². The third-order valence-electron chi connectivity index (χ3n) is 3.35. The van der Waals surface area contributed by atoms with Crippen molar-refractivity contribution in [1.82, 2.24) is 15.1 Å². The lowest BCUT2D eigenvalue weighted by atomic mass is 10.0. The van der Waals surface area contributed by atoms with Gasteiger partial charge >= 0.3 is 0 Å². The summed E-state index contributed by atoms with van der Waals surface area (Å²) in [7, 11) is 3.31. The molecule has 1 unspecified atom stereocenters. The van der Waals surface area contributed by atoms with E-state index in [9.17, 15) is 8.78 Å². The van der Waals surface area contributed by atoms with Gasteiger partial charge in [-0.05, 0) is 38.6 Å². The van der Waals surface area contributed by atoms with Crippen molar-refractivity contribution in [2.75, 3.05) is 14.2 Å². The molecule has 1 aromatic heterocycles. The first-order valence-electron chi connectivity index (χ1n) is 6.73. The molecule has 0 aliphatic carbocycles. The van der Waals surface area contributed by atoms with Gasteiger partial charge < -0.3 is 10.1 Å². The van der Waals surface area contributed by atoms with Crippen molar-refractivity contribution in [3.05, 3.63) is 47.3 Å². The van der Waals surface area contributed by atoms with E-state index in [1.165, 1.54) is 6.07 Å². The molecule has 4 nitrogen and oxygen atoms in total. The van der Waals surface area contributed by atoms with Gasteiger partial charge in [0, 0.05) is 6.04 Å². The van der Waals surface area contributed by atoms with E-state index in [0.717, 1.165) is 11.8 Å². The van der Waals surface area contributed by atoms with E-state index in [1.807, 2.05) is 13.8 Å². The Kier molecular flexibility index (Phi) is 4.57. The third kappa shape index (κ3) is 2.90. The van der Waals surface area contributed by atoms with Crippen LogP contribution in [0.1, 0.15) is 37.2 Å². The second-order valence-corrected chi connectivity index (χ2v) is 5.03. The summed E-state index contributed by atoms with van der Waals surface area (Å²) in [6, 6.07) is 3.63. The molecule has 21 heavy (non-hydrogen) atoms. The fraction of sp³-hybridized carbons (Fsp3) is 0.400. The summed E-state index contributed by atoms with van der Waals surface area (Å²) in [5, 5.41) is 7.41. The predicted molar refractivity (Wildman–Crippen MR) is 76.4 cm³/mol. The Hall–Kier alpha value is -1.95. The van der Waals surface area contributed by atoms with Crippen molar-refractivity contribution in [1.29, 1.82) is 0 Å². The van der Waals surface area contributed by atoms with Crippen molar-refractivity contribution >= 4 is 0 Å². The second-order valence-electron chi connectivity index (χ2n) is 5.03. The molecular formula is C15H19F2N3O. The van der Waals surface area contributed by atoms with Gasteiger partial charge in [0.15, 0.2) is 17.4 Å². The van der Waals surface area contributed by atoms with Crippen LogP contribution in [-0.4, -0.2) is 23.9 Å². The molecular weight excluding hydrogens is 276 g/mol. The minimum Gasteiger partial charge on any atom is -0.493 e. The highest BCUT2D eigenvalue weighted by Crippen LogP contribution is 2.32. The van der Waals surface area contributed by atoms with Crippen LogP contribution in [0.4, 0.5) is 8.78 Å². The molecule has 0 fully saturated rings. The minimum absolute atomic E-state index is 0.116. The zero-order chi connectivity index (χ0) is 15.6. The van der Waals surface area contributed by atoms with Crippen LogP contribution >= 0.6 is 0 Å². The standard InChI is InChI=1S/C15H19F2N3O/c1-9(2)20-15(13(21-4)8-19-20)14(18-3)10-5-6-11(16)12(17)7-10/h5-9,14,18H,1-4H3. The summed E-state index contributed by atoms with van der Waals surface area (Å²) >= 11 is 0. The third-order valence-corrected chi connectivity index (χ3v) is 3.35. The van der Waals surface area contributed by atoms with Gasteiger partial charge in [-0.15, -0.1) is 0 Å². The number of rotatable bonds is 5. The highest BCUT2D eigenvalue weighted by molar-refractivity contribution is 5.37. The van der Waals surface area contributed by atoms with E-state index in [2.05, 4.69) is 10.4 Å². The van der Waals surface area contributed by atoms with E-state index >= 15 is 0 Å². The van der Waals surface area contributed by atoms with Crippen LogP contribution in [0.2, 0.25) is 0 Å². The summed E-state index contributed by atoms with van der Waals surface area (Å²) in [6.07, 6.45) is 1.62. The summed E-state index contributed by atoms with van der Waals surface area (Å²) in [4.78, 5) is 0. The highest BCUT2D eigenvalue weighted by Gasteiger charge is 2.24. The zero-order valence-electron chi connectivity index (χ0n) is 12.5. The number of aromatic nitrogens is 2. The van der Waals surface area contributed by atoms with Gasteiger partial charge in [-0.3, -0.25) is 4.68 Å². The second kappa shape index (κ2) is 6.22. The number of halogens is 2. The number of methoxy groups -OCH3 is 1. The quantitative estimate of drug-likeness (QED) is 0.921. The maximum Gasteiger partial charge on any atom is 0.161 e. The van der Waals surface area contributed by atoms with Crippen molar-refractivity contribution in [3.8, 4) is 5.75 Å². The molecule has 0 spiro atoms. The summed E-state index contributed by atoms with van der Waals surface area (Å²) < 4.78 is 33.8. The molecule has 1 heterocycles. The van der Waals surface area contributed by atoms with Gasteiger partial charge in [0.25, 0.3) is 0 Å². The first-order valence-corrected chi connectivity index (χ1v) is 6.73. The molecule has 0 saturated heterocycles. The van der Waals surface area contributed by atoms with Gasteiger partial charge in [-0.1, -0.05) is 6.07 Å². The molecule has 6 heteroatoms. The SMILES string of the molecule is CNC(c1ccc(F)c(F)c1)c1c(OC)cnn1C(C)C. The zero-order valence-corrected chi connectivity index (χ0v) is 12.5. The molecule has 2 aromatic rings. The van der Waals surface area contributed by atoms with Crippen molar-refractivity contribution in [3.63, 3.8) is 0 Å². The highest BCUT2D eigenvalue weighted by atomic mass is 19.2. The minimum atomic E-state index is -0.873. The largest absolute Gasteiger partial charge is 0.493 e. The normalized spacial score (nSPS) is 12.7. The van der Waals surface area contributed by atoms with Crippen LogP contribution in [0.3, 0.4) is 0 Å². The smallest absolute Gasteiger partial charge is 0.161 e. The number of benzene rings is 1. The number of hydrogen-bond acceptors (Lipinski definition) is 3. The first kappa shape index (κ1) is 15.4. The fourth-order valence-electron chi connectivity index (χ4n) is 2.35. The Morgan fingerprint density at radius 1 is 1.24 bits per heavy atom. The van der Waals surface area contributed by atoms with Crippen LogP contribution in [0.15, 0.2) is 24.4 Å². The molecule has 0 bridgehead atoms. The fourth-order valence-corrected chi connectivity index (χ4v) is 2.35. The summed E-state index contributed by atoms with van der Waals surface area (Å²) in [5.41, 5.74) is 1.39. The lowest BCUT2D eigenvalue weighted by molar-refractivity contribution is 0.396. The molecule has 0 saturated carbocycles. The molecule has 1 atom stereocenters. The van der Waals surface area contributed by atoms with Gasteiger partial charge in [-0.2, -0.15) is 5.10 Å². The predicted octanol–water partition coefficient (Wildman–Crippen LogP) is 3.06. The lowest BCUT2D eigenvalue weighted by Gasteiger charge is -2.21. The Balaban J connectivity index is 2.55. The van der Waals surface area contributed by atoms with Crippen molar-refractivity contribution < 1.29 is 13.5 Å². The average molecular weight is 295 g/mol.